The van der Waals surface area contributed by atoms with Crippen molar-refractivity contribution in [2.75, 3.05) is 17.2 Å². The second kappa shape index (κ2) is 3.57. The van der Waals surface area contributed by atoms with Crippen LogP contribution in [0.2, 0.25) is 0 Å². The third-order valence-corrected chi connectivity index (χ3v) is 2.58. The molecule has 5 heteroatoms. The number of hydrogen-bond donors (Lipinski definition) is 2. The van der Waals surface area contributed by atoms with Crippen LogP contribution in [0.1, 0.15) is 6.92 Å². The number of nitrogens with zero attached hydrogens (tertiary/aromatic N) is 1. The van der Waals surface area contributed by atoms with Crippen LogP contribution in [0, 0.1) is 5.92 Å². The summed E-state index contributed by atoms with van der Waals surface area (Å²) in [5, 5.41) is 5.94. The predicted molar refractivity (Wildman–Crippen MR) is 58.2 cm³/mol. The number of carbonyl (C=O) groups excluding carboxylic acids is 1. The molecular formula is C9H10BrN3O. The van der Waals surface area contributed by atoms with E-state index in [-0.39, 0.29) is 11.8 Å². The van der Waals surface area contributed by atoms with Gasteiger partial charge in [-0.05, 0) is 22.0 Å². The first-order valence-electron chi connectivity index (χ1n) is 4.37. The second-order valence-corrected chi connectivity index (χ2v) is 4.24. The number of amides is 1. The van der Waals surface area contributed by atoms with E-state index in [0.29, 0.717) is 12.4 Å². The monoisotopic (exact) mass is 255 g/mol. The number of halogens is 1. The maximum atomic E-state index is 11.5. The predicted octanol–water partition coefficient (Wildman–Crippen LogP) is 1.84. The van der Waals surface area contributed by atoms with Crippen molar-refractivity contribution in [3.05, 3.63) is 16.7 Å². The van der Waals surface area contributed by atoms with Gasteiger partial charge in [-0.25, -0.2) is 4.98 Å². The molecule has 1 aromatic heterocycles. The highest BCUT2D eigenvalue weighted by Gasteiger charge is 2.19. The molecule has 1 aromatic rings. The molecule has 1 amide bonds. The van der Waals surface area contributed by atoms with Gasteiger partial charge < -0.3 is 10.6 Å². The summed E-state index contributed by atoms with van der Waals surface area (Å²) in [5.74, 6) is 0.566. The van der Waals surface area contributed by atoms with E-state index in [1.807, 2.05) is 13.0 Å². The summed E-state index contributed by atoms with van der Waals surface area (Å²) in [6.07, 6.45) is 1.66. The fraction of sp³-hybridized carbons (Fsp3) is 0.333. The summed E-state index contributed by atoms with van der Waals surface area (Å²) < 4.78 is 0.896. The number of anilines is 2. The lowest BCUT2D eigenvalue weighted by Crippen LogP contribution is -2.22. The van der Waals surface area contributed by atoms with E-state index in [1.54, 1.807) is 6.20 Å². The largest absolute Gasteiger partial charge is 0.381 e. The molecule has 0 aromatic carbocycles. The van der Waals surface area contributed by atoms with Crippen LogP contribution < -0.4 is 10.6 Å². The molecule has 1 unspecified atom stereocenters. The topological polar surface area (TPSA) is 54.0 Å². The maximum absolute atomic E-state index is 11.5. The number of rotatable bonds is 0. The van der Waals surface area contributed by atoms with Crippen molar-refractivity contribution in [3.63, 3.8) is 0 Å². The lowest BCUT2D eigenvalue weighted by molar-refractivity contribution is -0.118. The molecule has 0 saturated carbocycles. The zero-order chi connectivity index (χ0) is 10.1. The fourth-order valence-corrected chi connectivity index (χ4v) is 1.60. The molecule has 0 spiro atoms. The zero-order valence-corrected chi connectivity index (χ0v) is 9.26. The van der Waals surface area contributed by atoms with Crippen molar-refractivity contribution >= 4 is 33.3 Å². The first-order valence-corrected chi connectivity index (χ1v) is 5.16. The molecule has 1 atom stereocenters. The highest BCUT2D eigenvalue weighted by molar-refractivity contribution is 9.10. The Hall–Kier alpha value is -1.10. The van der Waals surface area contributed by atoms with Gasteiger partial charge in [-0.15, -0.1) is 0 Å². The Morgan fingerprint density at radius 1 is 1.64 bits per heavy atom. The van der Waals surface area contributed by atoms with Gasteiger partial charge in [0.2, 0.25) is 5.91 Å². The molecule has 1 aliphatic rings. The molecule has 0 aliphatic carbocycles. The van der Waals surface area contributed by atoms with E-state index in [4.69, 9.17) is 0 Å². The number of aromatic nitrogens is 1. The maximum Gasteiger partial charge on any atom is 0.230 e. The van der Waals surface area contributed by atoms with E-state index in [2.05, 4.69) is 31.5 Å². The van der Waals surface area contributed by atoms with Gasteiger partial charge in [0.1, 0.15) is 0 Å². The van der Waals surface area contributed by atoms with E-state index >= 15 is 0 Å². The molecule has 74 valence electrons. The molecule has 14 heavy (non-hydrogen) atoms. The number of pyridine rings is 1. The average Bonchev–Trinajstić information content (AvgIpc) is 2.29. The molecule has 0 bridgehead atoms. The van der Waals surface area contributed by atoms with E-state index in [0.717, 1.165) is 10.2 Å². The normalized spacial score (nSPS) is 20.4. The van der Waals surface area contributed by atoms with Crippen LogP contribution >= 0.6 is 15.9 Å². The van der Waals surface area contributed by atoms with Gasteiger partial charge in [-0.3, -0.25) is 4.79 Å². The second-order valence-electron chi connectivity index (χ2n) is 3.32. The minimum atomic E-state index is -0.0389. The van der Waals surface area contributed by atoms with Gasteiger partial charge in [-0.2, -0.15) is 0 Å². The van der Waals surface area contributed by atoms with Crippen LogP contribution in [0.5, 0.6) is 0 Å². The van der Waals surface area contributed by atoms with E-state index in [1.165, 1.54) is 0 Å². The Morgan fingerprint density at radius 2 is 2.43 bits per heavy atom. The van der Waals surface area contributed by atoms with E-state index in [9.17, 15) is 4.79 Å². The molecule has 0 radical (unpaired) electrons. The molecule has 2 heterocycles. The summed E-state index contributed by atoms with van der Waals surface area (Å²) in [6.45, 7) is 2.51. The summed E-state index contributed by atoms with van der Waals surface area (Å²) in [5.41, 5.74) is 0.858. The molecule has 1 aliphatic heterocycles. The first kappa shape index (κ1) is 9.45. The highest BCUT2D eigenvalue weighted by Crippen LogP contribution is 2.25. The first-order chi connectivity index (χ1) is 6.66. The van der Waals surface area contributed by atoms with Crippen molar-refractivity contribution in [1.82, 2.24) is 4.98 Å². The summed E-state index contributed by atoms with van der Waals surface area (Å²) in [7, 11) is 0. The van der Waals surface area contributed by atoms with Crippen LogP contribution in [0.25, 0.3) is 0 Å². The summed E-state index contributed by atoms with van der Waals surface area (Å²) in [4.78, 5) is 15.6. The minimum Gasteiger partial charge on any atom is -0.381 e. The number of nitrogens with one attached hydrogen (secondary N) is 2. The summed E-state index contributed by atoms with van der Waals surface area (Å²) in [6, 6.07) is 1.90. The Kier molecular flexibility index (Phi) is 2.41. The SMILES string of the molecule is CC1CNc2cc(Br)cnc2NC1=O. The van der Waals surface area contributed by atoms with Crippen LogP contribution in [0.15, 0.2) is 16.7 Å². The van der Waals surface area contributed by atoms with Gasteiger partial charge in [0.15, 0.2) is 5.82 Å². The van der Waals surface area contributed by atoms with Gasteiger partial charge >= 0.3 is 0 Å². The quantitative estimate of drug-likeness (QED) is 0.744. The zero-order valence-electron chi connectivity index (χ0n) is 7.67. The number of hydrogen-bond acceptors (Lipinski definition) is 3. The Balaban J connectivity index is 2.37. The standard InChI is InChI=1S/C9H10BrN3O/c1-5-3-11-7-2-6(10)4-12-8(7)13-9(5)14/h2,4-5,11H,3H2,1H3,(H,12,13,14). The van der Waals surface area contributed by atoms with Crippen LogP contribution in [-0.4, -0.2) is 17.4 Å². The van der Waals surface area contributed by atoms with Crippen molar-refractivity contribution in [2.24, 2.45) is 5.92 Å². The Morgan fingerprint density at radius 3 is 3.21 bits per heavy atom. The number of carbonyl (C=O) groups is 1. The molecule has 2 N–H and O–H groups in total. The van der Waals surface area contributed by atoms with E-state index < -0.39 is 0 Å². The fourth-order valence-electron chi connectivity index (χ4n) is 1.27. The minimum absolute atomic E-state index is 0.00562. The van der Waals surface area contributed by atoms with Gasteiger partial charge in [0, 0.05) is 17.2 Å². The molecule has 0 fully saturated rings. The van der Waals surface area contributed by atoms with Crippen molar-refractivity contribution in [2.45, 2.75) is 6.92 Å². The van der Waals surface area contributed by atoms with Crippen LogP contribution in [0.4, 0.5) is 11.5 Å². The molecule has 2 rings (SSSR count). The van der Waals surface area contributed by atoms with Crippen LogP contribution in [-0.2, 0) is 4.79 Å². The van der Waals surface area contributed by atoms with Crippen LogP contribution in [0.3, 0.4) is 0 Å². The van der Waals surface area contributed by atoms with Crippen molar-refractivity contribution < 1.29 is 4.79 Å². The van der Waals surface area contributed by atoms with Gasteiger partial charge in [-0.1, -0.05) is 6.92 Å². The average molecular weight is 256 g/mol. The Labute approximate surface area is 90.2 Å². The van der Waals surface area contributed by atoms with Crippen molar-refractivity contribution in [3.8, 4) is 0 Å². The Bertz CT molecular complexity index is 380. The lowest BCUT2D eigenvalue weighted by atomic mass is 10.2. The smallest absolute Gasteiger partial charge is 0.230 e. The molecule has 4 nitrogen and oxygen atoms in total. The summed E-state index contributed by atoms with van der Waals surface area (Å²) >= 11 is 3.33. The van der Waals surface area contributed by atoms with Gasteiger partial charge in [0.05, 0.1) is 11.6 Å². The third-order valence-electron chi connectivity index (χ3n) is 2.14. The van der Waals surface area contributed by atoms with Gasteiger partial charge in [0.25, 0.3) is 0 Å². The molecule has 0 saturated heterocycles. The highest BCUT2D eigenvalue weighted by atomic mass is 79.9. The third kappa shape index (κ3) is 1.72. The lowest BCUT2D eigenvalue weighted by Gasteiger charge is -2.05. The van der Waals surface area contributed by atoms with Crippen molar-refractivity contribution in [1.29, 1.82) is 0 Å². The molecular weight excluding hydrogens is 246 g/mol. The number of fused-ring (bicyclic) bond motifs is 1.